The number of amides is 3. The molecule has 0 atom stereocenters. The second-order valence-electron chi connectivity index (χ2n) is 6.36. The molecule has 1 aliphatic rings. The van der Waals surface area contributed by atoms with Gasteiger partial charge in [-0.2, -0.15) is 0 Å². The summed E-state index contributed by atoms with van der Waals surface area (Å²) in [7, 11) is 0. The molecule has 0 saturated carbocycles. The Kier molecular flexibility index (Phi) is 4.05. The molecule has 0 saturated heterocycles. The van der Waals surface area contributed by atoms with Gasteiger partial charge >= 0.3 is 0 Å². The van der Waals surface area contributed by atoms with Crippen molar-refractivity contribution in [3.05, 3.63) is 95.1 Å². The second-order valence-corrected chi connectivity index (χ2v) is 6.36. The molecule has 27 heavy (non-hydrogen) atoms. The highest BCUT2D eigenvalue weighted by Crippen LogP contribution is 2.29. The number of rotatable bonds is 3. The quantitative estimate of drug-likeness (QED) is 0.720. The van der Waals surface area contributed by atoms with Crippen LogP contribution in [0, 0.1) is 6.92 Å². The zero-order chi connectivity index (χ0) is 19.0. The fourth-order valence-corrected chi connectivity index (χ4v) is 3.05. The summed E-state index contributed by atoms with van der Waals surface area (Å²) in [6.07, 6.45) is 0. The van der Waals surface area contributed by atoms with Gasteiger partial charge in [-0.05, 0) is 49.4 Å². The van der Waals surface area contributed by atoms with E-state index in [9.17, 15) is 14.4 Å². The number of imide groups is 1. The Balaban J connectivity index is 1.60. The van der Waals surface area contributed by atoms with Crippen LogP contribution in [0.3, 0.4) is 0 Å². The van der Waals surface area contributed by atoms with E-state index in [1.807, 2.05) is 19.1 Å². The average Bonchev–Trinajstić information content (AvgIpc) is 2.93. The van der Waals surface area contributed by atoms with E-state index in [4.69, 9.17) is 0 Å². The van der Waals surface area contributed by atoms with Crippen molar-refractivity contribution >= 4 is 29.1 Å². The predicted molar refractivity (Wildman–Crippen MR) is 103 cm³/mol. The summed E-state index contributed by atoms with van der Waals surface area (Å²) in [4.78, 5) is 38.8. The van der Waals surface area contributed by atoms with Crippen LogP contribution in [0.25, 0.3) is 0 Å². The van der Waals surface area contributed by atoms with E-state index in [2.05, 4.69) is 5.32 Å². The lowest BCUT2D eigenvalue weighted by molar-refractivity contribution is 0.0925. The van der Waals surface area contributed by atoms with E-state index in [0.717, 1.165) is 10.5 Å². The van der Waals surface area contributed by atoms with Gasteiger partial charge in [-0.25, -0.2) is 4.90 Å². The number of carbonyl (C=O) groups is 3. The summed E-state index contributed by atoms with van der Waals surface area (Å²) >= 11 is 0. The molecule has 3 amide bonds. The molecule has 0 aliphatic carbocycles. The van der Waals surface area contributed by atoms with E-state index in [1.165, 1.54) is 0 Å². The second kappa shape index (κ2) is 6.53. The van der Waals surface area contributed by atoms with Crippen LogP contribution >= 0.6 is 0 Å². The predicted octanol–water partition coefficient (Wildman–Crippen LogP) is 4.05. The van der Waals surface area contributed by atoms with Crippen molar-refractivity contribution in [2.75, 3.05) is 10.2 Å². The Labute approximate surface area is 156 Å². The number of hydrogen-bond donors (Lipinski definition) is 1. The van der Waals surface area contributed by atoms with E-state index in [-0.39, 0.29) is 17.7 Å². The highest BCUT2D eigenvalue weighted by Gasteiger charge is 2.36. The Morgan fingerprint density at radius 2 is 1.44 bits per heavy atom. The lowest BCUT2D eigenvalue weighted by Gasteiger charge is -2.15. The van der Waals surface area contributed by atoms with Gasteiger partial charge in [0.05, 0.1) is 16.8 Å². The molecule has 0 fully saturated rings. The summed E-state index contributed by atoms with van der Waals surface area (Å²) in [5.74, 6) is -0.982. The molecule has 0 spiro atoms. The van der Waals surface area contributed by atoms with E-state index >= 15 is 0 Å². The minimum Gasteiger partial charge on any atom is -0.322 e. The third kappa shape index (κ3) is 3.00. The minimum absolute atomic E-state index is 0.255. The van der Waals surface area contributed by atoms with Crippen LogP contribution in [0.1, 0.15) is 36.6 Å². The summed E-state index contributed by atoms with van der Waals surface area (Å²) < 4.78 is 0. The van der Waals surface area contributed by atoms with Crippen LogP contribution in [0.4, 0.5) is 11.4 Å². The van der Waals surface area contributed by atoms with Crippen molar-refractivity contribution in [1.29, 1.82) is 0 Å². The SMILES string of the molecule is Cc1ccc(C(=O)Nc2cccc(N3C(=O)c4ccccc4C3=O)c2)cc1. The van der Waals surface area contributed by atoms with E-state index in [0.29, 0.717) is 28.1 Å². The molecule has 3 aromatic rings. The molecule has 5 nitrogen and oxygen atoms in total. The first-order valence-electron chi connectivity index (χ1n) is 8.50. The standard InChI is InChI=1S/C22H16N2O3/c1-14-9-11-15(12-10-14)20(25)23-16-5-4-6-17(13-16)24-21(26)18-7-2-3-8-19(18)22(24)27/h2-13H,1H3,(H,23,25). The maximum absolute atomic E-state index is 12.6. The van der Waals surface area contributed by atoms with Gasteiger partial charge in [0.15, 0.2) is 0 Å². The van der Waals surface area contributed by atoms with Crippen LogP contribution in [0.2, 0.25) is 0 Å². The number of fused-ring (bicyclic) bond motifs is 1. The molecule has 0 radical (unpaired) electrons. The highest BCUT2D eigenvalue weighted by molar-refractivity contribution is 6.34. The maximum atomic E-state index is 12.6. The Morgan fingerprint density at radius 1 is 0.815 bits per heavy atom. The summed E-state index contributed by atoms with van der Waals surface area (Å²) in [5.41, 5.74) is 3.30. The number of carbonyl (C=O) groups excluding carboxylic acids is 3. The smallest absolute Gasteiger partial charge is 0.266 e. The zero-order valence-corrected chi connectivity index (χ0v) is 14.6. The van der Waals surface area contributed by atoms with Crippen molar-refractivity contribution in [2.24, 2.45) is 0 Å². The van der Waals surface area contributed by atoms with Gasteiger partial charge in [0, 0.05) is 11.3 Å². The van der Waals surface area contributed by atoms with Crippen molar-refractivity contribution < 1.29 is 14.4 Å². The summed E-state index contributed by atoms with van der Waals surface area (Å²) in [6, 6.07) is 20.7. The van der Waals surface area contributed by atoms with Crippen LogP contribution in [-0.4, -0.2) is 17.7 Å². The van der Waals surface area contributed by atoms with Gasteiger partial charge in [-0.1, -0.05) is 35.9 Å². The Hall–Kier alpha value is -3.73. The van der Waals surface area contributed by atoms with Crippen molar-refractivity contribution in [3.63, 3.8) is 0 Å². The molecule has 1 aliphatic heterocycles. The van der Waals surface area contributed by atoms with E-state index in [1.54, 1.807) is 60.7 Å². The number of nitrogens with one attached hydrogen (secondary N) is 1. The number of aryl methyl sites for hydroxylation is 1. The van der Waals surface area contributed by atoms with E-state index < -0.39 is 0 Å². The monoisotopic (exact) mass is 356 g/mol. The average molecular weight is 356 g/mol. The van der Waals surface area contributed by atoms with Crippen LogP contribution in [-0.2, 0) is 0 Å². The van der Waals surface area contributed by atoms with Gasteiger partial charge in [-0.3, -0.25) is 14.4 Å². The van der Waals surface area contributed by atoms with Crippen molar-refractivity contribution in [2.45, 2.75) is 6.92 Å². The fourth-order valence-electron chi connectivity index (χ4n) is 3.05. The topological polar surface area (TPSA) is 66.5 Å². The largest absolute Gasteiger partial charge is 0.322 e. The number of nitrogens with zero attached hydrogens (tertiary/aromatic N) is 1. The van der Waals surface area contributed by atoms with Crippen LogP contribution < -0.4 is 10.2 Å². The molecular weight excluding hydrogens is 340 g/mol. The Bertz CT molecular complexity index is 1040. The lowest BCUT2D eigenvalue weighted by atomic mass is 10.1. The summed E-state index contributed by atoms with van der Waals surface area (Å²) in [5, 5.41) is 2.80. The number of benzene rings is 3. The molecule has 1 heterocycles. The molecule has 0 unspecified atom stereocenters. The highest BCUT2D eigenvalue weighted by atomic mass is 16.2. The normalized spacial score (nSPS) is 12.9. The molecular formula is C22H16N2O3. The molecule has 132 valence electrons. The first kappa shape index (κ1) is 16.7. The third-order valence-electron chi connectivity index (χ3n) is 4.47. The van der Waals surface area contributed by atoms with Crippen LogP contribution in [0.5, 0.6) is 0 Å². The van der Waals surface area contributed by atoms with Gasteiger partial charge in [0.2, 0.25) is 0 Å². The lowest BCUT2D eigenvalue weighted by Crippen LogP contribution is -2.29. The van der Waals surface area contributed by atoms with Crippen molar-refractivity contribution in [3.8, 4) is 0 Å². The first-order valence-corrected chi connectivity index (χ1v) is 8.50. The van der Waals surface area contributed by atoms with Crippen LogP contribution in [0.15, 0.2) is 72.8 Å². The molecule has 3 aromatic carbocycles. The number of hydrogen-bond acceptors (Lipinski definition) is 3. The molecule has 0 bridgehead atoms. The molecule has 0 aromatic heterocycles. The zero-order valence-electron chi connectivity index (χ0n) is 14.6. The van der Waals surface area contributed by atoms with Crippen molar-refractivity contribution in [1.82, 2.24) is 0 Å². The van der Waals surface area contributed by atoms with Gasteiger partial charge < -0.3 is 5.32 Å². The minimum atomic E-state index is -0.363. The molecule has 1 N–H and O–H groups in total. The summed E-state index contributed by atoms with van der Waals surface area (Å²) in [6.45, 7) is 1.95. The van der Waals surface area contributed by atoms with Gasteiger partial charge in [0.1, 0.15) is 0 Å². The maximum Gasteiger partial charge on any atom is 0.266 e. The van der Waals surface area contributed by atoms with Gasteiger partial charge in [-0.15, -0.1) is 0 Å². The third-order valence-corrected chi connectivity index (χ3v) is 4.47. The molecule has 5 heteroatoms. The molecule has 4 rings (SSSR count). The fraction of sp³-hybridized carbons (Fsp3) is 0.0455. The Morgan fingerprint density at radius 3 is 2.07 bits per heavy atom. The van der Waals surface area contributed by atoms with Gasteiger partial charge in [0.25, 0.3) is 17.7 Å². The number of anilines is 2. The first-order chi connectivity index (χ1) is 13.0.